The van der Waals surface area contributed by atoms with Crippen molar-refractivity contribution in [2.24, 2.45) is 0 Å². The molecule has 1 N–H and O–H groups in total. The molecule has 6 heteroatoms. The van der Waals surface area contributed by atoms with Crippen molar-refractivity contribution in [3.05, 3.63) is 63.5 Å². The zero-order chi connectivity index (χ0) is 15.9. The molecule has 0 radical (unpaired) electrons. The summed E-state index contributed by atoms with van der Waals surface area (Å²) in [5.41, 5.74) is 1.24. The molecule has 1 amide bonds. The van der Waals surface area contributed by atoms with Crippen molar-refractivity contribution in [3.8, 4) is 0 Å². The van der Waals surface area contributed by atoms with Crippen LogP contribution in [-0.2, 0) is 16.0 Å². The van der Waals surface area contributed by atoms with Crippen molar-refractivity contribution in [1.29, 1.82) is 0 Å². The maximum atomic E-state index is 12.2. The van der Waals surface area contributed by atoms with E-state index in [1.807, 2.05) is 24.3 Å². The van der Waals surface area contributed by atoms with Gasteiger partial charge in [-0.15, -0.1) is 0 Å². The molecule has 5 nitrogen and oxygen atoms in total. The normalized spacial score (nSPS) is 11.5. The molecular weight excluding hydrogens is 395 g/mol. The maximum Gasteiger partial charge on any atom is 0.328 e. The Morgan fingerprint density at radius 1 is 1.23 bits per heavy atom. The molecule has 0 bridgehead atoms. The van der Waals surface area contributed by atoms with Crippen LogP contribution in [0.15, 0.2) is 48.7 Å². The van der Waals surface area contributed by atoms with Gasteiger partial charge in [-0.3, -0.25) is 9.78 Å². The van der Waals surface area contributed by atoms with Gasteiger partial charge in [-0.05, 0) is 46.4 Å². The van der Waals surface area contributed by atoms with Crippen LogP contribution in [0.2, 0.25) is 0 Å². The maximum absolute atomic E-state index is 12.2. The summed E-state index contributed by atoms with van der Waals surface area (Å²) in [6.45, 7) is 0. The van der Waals surface area contributed by atoms with Crippen LogP contribution in [0.3, 0.4) is 0 Å². The van der Waals surface area contributed by atoms with Gasteiger partial charge in [-0.1, -0.05) is 24.3 Å². The number of benzene rings is 1. The molecule has 1 heterocycles. The van der Waals surface area contributed by atoms with Gasteiger partial charge in [-0.2, -0.15) is 0 Å². The largest absolute Gasteiger partial charge is 0.467 e. The van der Waals surface area contributed by atoms with Crippen molar-refractivity contribution in [2.45, 2.75) is 12.5 Å². The first kappa shape index (κ1) is 16.4. The molecule has 0 aliphatic carbocycles. The smallest absolute Gasteiger partial charge is 0.328 e. The lowest BCUT2D eigenvalue weighted by molar-refractivity contribution is -0.142. The van der Waals surface area contributed by atoms with Crippen LogP contribution in [-0.4, -0.2) is 30.0 Å². The number of hydrogen-bond donors (Lipinski definition) is 1. The standard InChI is InChI=1S/C16H15IN2O3/c1-22-16(21)14(10-11-6-2-3-7-12(11)17)19-15(20)13-8-4-5-9-18-13/h2-9,14H,10H2,1H3,(H,19,20)/t14-/m0/s1. The third kappa shape index (κ3) is 4.27. The lowest BCUT2D eigenvalue weighted by Gasteiger charge is -2.17. The first-order chi connectivity index (χ1) is 10.6. The van der Waals surface area contributed by atoms with Gasteiger partial charge in [0.2, 0.25) is 0 Å². The van der Waals surface area contributed by atoms with E-state index in [2.05, 4.69) is 32.9 Å². The minimum atomic E-state index is -0.754. The molecule has 0 saturated carbocycles. The van der Waals surface area contributed by atoms with Gasteiger partial charge in [-0.25, -0.2) is 4.79 Å². The molecule has 22 heavy (non-hydrogen) atoms. The molecular formula is C16H15IN2O3. The van der Waals surface area contributed by atoms with E-state index in [9.17, 15) is 9.59 Å². The lowest BCUT2D eigenvalue weighted by atomic mass is 10.1. The summed E-state index contributed by atoms with van der Waals surface area (Å²) >= 11 is 2.20. The van der Waals surface area contributed by atoms with Crippen molar-refractivity contribution in [2.75, 3.05) is 7.11 Å². The summed E-state index contributed by atoms with van der Waals surface area (Å²) in [4.78, 5) is 28.1. The van der Waals surface area contributed by atoms with E-state index in [4.69, 9.17) is 4.74 Å². The summed E-state index contributed by atoms with van der Waals surface area (Å²) < 4.78 is 5.81. The van der Waals surface area contributed by atoms with E-state index in [1.165, 1.54) is 13.3 Å². The molecule has 0 spiro atoms. The summed E-state index contributed by atoms with van der Waals surface area (Å²) in [5.74, 6) is -0.883. The minimum absolute atomic E-state index is 0.263. The Hall–Kier alpha value is -1.96. The number of rotatable bonds is 5. The van der Waals surface area contributed by atoms with Crippen LogP contribution in [0.5, 0.6) is 0 Å². The molecule has 0 aliphatic heterocycles. The Balaban J connectivity index is 2.15. The molecule has 0 aliphatic rings. The second kappa shape index (κ2) is 7.88. The SMILES string of the molecule is COC(=O)[C@H](Cc1ccccc1I)NC(=O)c1ccccn1. The third-order valence-electron chi connectivity index (χ3n) is 3.07. The van der Waals surface area contributed by atoms with Crippen LogP contribution >= 0.6 is 22.6 Å². The zero-order valence-electron chi connectivity index (χ0n) is 12.0. The van der Waals surface area contributed by atoms with E-state index in [-0.39, 0.29) is 5.69 Å². The van der Waals surface area contributed by atoms with Gasteiger partial charge in [0.05, 0.1) is 7.11 Å². The highest BCUT2D eigenvalue weighted by Gasteiger charge is 2.23. The van der Waals surface area contributed by atoms with Gasteiger partial charge in [0.15, 0.2) is 0 Å². The Morgan fingerprint density at radius 2 is 1.95 bits per heavy atom. The summed E-state index contributed by atoms with van der Waals surface area (Å²) in [6.07, 6.45) is 1.90. The van der Waals surface area contributed by atoms with Gasteiger partial charge >= 0.3 is 5.97 Å². The average molecular weight is 410 g/mol. The number of methoxy groups -OCH3 is 1. The molecule has 114 valence electrons. The highest BCUT2D eigenvalue weighted by Crippen LogP contribution is 2.14. The van der Waals surface area contributed by atoms with Crippen LogP contribution in [0.1, 0.15) is 16.1 Å². The van der Waals surface area contributed by atoms with Crippen LogP contribution < -0.4 is 5.32 Å². The molecule has 0 fully saturated rings. The predicted octanol–water partition coefficient (Wildman–Crippen LogP) is 2.20. The van der Waals surface area contributed by atoms with E-state index in [0.717, 1.165) is 9.13 Å². The molecule has 1 aromatic carbocycles. The van der Waals surface area contributed by atoms with Crippen molar-refractivity contribution < 1.29 is 14.3 Å². The number of carbonyl (C=O) groups is 2. The zero-order valence-corrected chi connectivity index (χ0v) is 14.1. The number of pyridine rings is 1. The number of nitrogens with one attached hydrogen (secondary N) is 1. The molecule has 1 atom stereocenters. The average Bonchev–Trinajstić information content (AvgIpc) is 2.56. The number of amides is 1. The fourth-order valence-corrected chi connectivity index (χ4v) is 2.56. The second-order valence-electron chi connectivity index (χ2n) is 4.56. The fourth-order valence-electron chi connectivity index (χ4n) is 1.95. The van der Waals surface area contributed by atoms with E-state index in [1.54, 1.807) is 18.2 Å². The van der Waals surface area contributed by atoms with Crippen molar-refractivity contribution in [1.82, 2.24) is 10.3 Å². The lowest BCUT2D eigenvalue weighted by Crippen LogP contribution is -2.43. The highest BCUT2D eigenvalue weighted by atomic mass is 127. The fraction of sp³-hybridized carbons (Fsp3) is 0.188. The monoisotopic (exact) mass is 410 g/mol. The van der Waals surface area contributed by atoms with E-state index < -0.39 is 17.9 Å². The van der Waals surface area contributed by atoms with Gasteiger partial charge < -0.3 is 10.1 Å². The number of aromatic nitrogens is 1. The quantitative estimate of drug-likeness (QED) is 0.607. The van der Waals surface area contributed by atoms with Crippen LogP contribution in [0.4, 0.5) is 0 Å². The van der Waals surface area contributed by atoms with Gasteiger partial charge in [0.1, 0.15) is 11.7 Å². The first-order valence-electron chi connectivity index (χ1n) is 6.65. The molecule has 2 rings (SSSR count). The number of esters is 1. The first-order valence-corrected chi connectivity index (χ1v) is 7.73. The summed E-state index contributed by atoms with van der Waals surface area (Å²) in [5, 5.41) is 2.68. The second-order valence-corrected chi connectivity index (χ2v) is 5.72. The molecule has 2 aromatic rings. The minimum Gasteiger partial charge on any atom is -0.467 e. The van der Waals surface area contributed by atoms with Gasteiger partial charge in [0.25, 0.3) is 5.91 Å². The Kier molecular flexibility index (Phi) is 5.88. The summed E-state index contributed by atoms with van der Waals surface area (Å²) in [7, 11) is 1.30. The Bertz CT molecular complexity index is 661. The topological polar surface area (TPSA) is 68.3 Å². The van der Waals surface area contributed by atoms with Crippen LogP contribution in [0.25, 0.3) is 0 Å². The molecule has 0 unspecified atom stereocenters. The Labute approximate surface area is 142 Å². The van der Waals surface area contributed by atoms with Crippen LogP contribution in [0, 0.1) is 3.57 Å². The number of nitrogens with zero attached hydrogens (tertiary/aromatic N) is 1. The van der Waals surface area contributed by atoms with Crippen molar-refractivity contribution in [3.63, 3.8) is 0 Å². The van der Waals surface area contributed by atoms with Crippen molar-refractivity contribution >= 4 is 34.5 Å². The number of ether oxygens (including phenoxy) is 1. The number of carbonyl (C=O) groups excluding carboxylic acids is 2. The van der Waals surface area contributed by atoms with Gasteiger partial charge in [0, 0.05) is 16.2 Å². The molecule has 1 aromatic heterocycles. The Morgan fingerprint density at radius 3 is 2.59 bits per heavy atom. The predicted molar refractivity (Wildman–Crippen MR) is 90.4 cm³/mol. The van der Waals surface area contributed by atoms with E-state index >= 15 is 0 Å². The number of hydrogen-bond acceptors (Lipinski definition) is 4. The third-order valence-corrected chi connectivity index (χ3v) is 4.12. The van der Waals surface area contributed by atoms with E-state index in [0.29, 0.717) is 6.42 Å². The molecule has 0 saturated heterocycles. The summed E-state index contributed by atoms with van der Waals surface area (Å²) in [6, 6.07) is 12.0. The number of halogens is 1. The highest BCUT2D eigenvalue weighted by molar-refractivity contribution is 14.1.